The quantitative estimate of drug-likeness (QED) is 0.528. The Morgan fingerprint density at radius 3 is 2.56 bits per heavy atom. The number of hydrogen-bond donors (Lipinski definition) is 1. The van der Waals surface area contributed by atoms with Crippen molar-refractivity contribution in [3.05, 3.63) is 35.6 Å². The van der Waals surface area contributed by atoms with Gasteiger partial charge in [-0.3, -0.25) is 0 Å². The van der Waals surface area contributed by atoms with Crippen molar-refractivity contribution in [2.24, 2.45) is 5.92 Å². The number of alkyl halides is 1. The van der Waals surface area contributed by atoms with E-state index in [2.05, 4.69) is 4.72 Å². The zero-order valence-corrected chi connectivity index (χ0v) is 21.8. The second-order valence-corrected chi connectivity index (χ2v) is 12.5. The molecule has 1 aromatic rings. The first-order valence-corrected chi connectivity index (χ1v) is 14.2. The summed E-state index contributed by atoms with van der Waals surface area (Å²) in [4.78, 5) is 14.1. The maximum Gasteiger partial charge on any atom is 0.409 e. The third-order valence-corrected chi connectivity index (χ3v) is 9.12. The zero-order chi connectivity index (χ0) is 25.9. The molecule has 0 aromatic heterocycles. The lowest BCUT2D eigenvalue weighted by molar-refractivity contribution is -0.0182. The second kappa shape index (κ2) is 11.3. The first-order chi connectivity index (χ1) is 17.0. The molecule has 3 fully saturated rings. The standard InChI is InChI=1S/C25H37F2N3O5S/c1-29(2)36(32,33)28-23-10-13-30(24(31)35-17-25(27)11-12-25)15-20(23)16-34-22-8-6-18(7-9-22)19-4-3-5-21(26)14-19/h3-5,14,18,20,22-23,28H,6-13,15-17H2,1-2H3. The van der Waals surface area contributed by atoms with Crippen LogP contribution in [0.1, 0.15) is 56.4 Å². The van der Waals surface area contributed by atoms with Gasteiger partial charge in [0.1, 0.15) is 18.1 Å². The van der Waals surface area contributed by atoms with Crippen LogP contribution in [0.3, 0.4) is 0 Å². The van der Waals surface area contributed by atoms with Crippen molar-refractivity contribution in [2.75, 3.05) is 40.4 Å². The van der Waals surface area contributed by atoms with Crippen molar-refractivity contribution in [2.45, 2.75) is 68.7 Å². The van der Waals surface area contributed by atoms with E-state index >= 15 is 0 Å². The molecule has 0 radical (unpaired) electrons. The fraction of sp³-hybridized carbons (Fsp3) is 0.720. The molecule has 0 bridgehead atoms. The molecule has 4 rings (SSSR count). The Morgan fingerprint density at radius 1 is 1.19 bits per heavy atom. The number of nitrogens with one attached hydrogen (secondary N) is 1. The summed E-state index contributed by atoms with van der Waals surface area (Å²) in [6.07, 6.45) is 4.09. The van der Waals surface area contributed by atoms with Crippen LogP contribution in [0.5, 0.6) is 0 Å². The van der Waals surface area contributed by atoms with E-state index in [9.17, 15) is 22.0 Å². The summed E-state index contributed by atoms with van der Waals surface area (Å²) >= 11 is 0. The summed E-state index contributed by atoms with van der Waals surface area (Å²) in [6, 6.07) is 6.34. The average molecular weight is 530 g/mol. The Bertz CT molecular complexity index is 1010. The minimum Gasteiger partial charge on any atom is -0.446 e. The van der Waals surface area contributed by atoms with Gasteiger partial charge in [-0.1, -0.05) is 12.1 Å². The van der Waals surface area contributed by atoms with Gasteiger partial charge in [-0.05, 0) is 68.6 Å². The van der Waals surface area contributed by atoms with Gasteiger partial charge in [0.25, 0.3) is 10.2 Å². The smallest absolute Gasteiger partial charge is 0.409 e. The van der Waals surface area contributed by atoms with Crippen molar-refractivity contribution in [3.63, 3.8) is 0 Å². The summed E-state index contributed by atoms with van der Waals surface area (Å²) < 4.78 is 67.7. The van der Waals surface area contributed by atoms with Gasteiger partial charge in [-0.15, -0.1) is 0 Å². The molecule has 1 saturated heterocycles. The minimum atomic E-state index is -3.66. The number of carbonyl (C=O) groups is 1. The highest BCUT2D eigenvalue weighted by atomic mass is 32.2. The number of nitrogens with zero attached hydrogens (tertiary/aromatic N) is 2. The number of benzene rings is 1. The van der Waals surface area contributed by atoms with Gasteiger partial charge < -0.3 is 14.4 Å². The molecule has 0 spiro atoms. The molecule has 202 valence electrons. The summed E-state index contributed by atoms with van der Waals surface area (Å²) in [6.45, 7) is 0.618. The van der Waals surface area contributed by atoms with Crippen molar-refractivity contribution in [1.29, 1.82) is 0 Å². The predicted octanol–water partition coefficient (Wildman–Crippen LogP) is 3.59. The van der Waals surface area contributed by atoms with Crippen molar-refractivity contribution >= 4 is 16.3 Å². The molecule has 11 heteroatoms. The predicted molar refractivity (Wildman–Crippen MR) is 131 cm³/mol. The van der Waals surface area contributed by atoms with Gasteiger partial charge >= 0.3 is 6.09 Å². The Labute approximate surface area is 212 Å². The van der Waals surface area contributed by atoms with Crippen LogP contribution in [0, 0.1) is 11.7 Å². The van der Waals surface area contributed by atoms with E-state index in [1.807, 2.05) is 6.07 Å². The van der Waals surface area contributed by atoms with Crippen molar-refractivity contribution in [1.82, 2.24) is 13.9 Å². The number of carbonyl (C=O) groups excluding carboxylic acids is 1. The molecule has 8 nitrogen and oxygen atoms in total. The lowest BCUT2D eigenvalue weighted by Gasteiger charge is -2.39. The zero-order valence-electron chi connectivity index (χ0n) is 21.0. The van der Waals surface area contributed by atoms with Crippen molar-refractivity contribution in [3.8, 4) is 0 Å². The molecule has 3 aliphatic rings. The molecule has 36 heavy (non-hydrogen) atoms. The van der Waals surface area contributed by atoms with Gasteiger partial charge in [0, 0.05) is 39.1 Å². The molecule has 2 atom stereocenters. The normalized spacial score (nSPS) is 28.2. The van der Waals surface area contributed by atoms with E-state index in [1.165, 1.54) is 25.1 Å². The van der Waals surface area contributed by atoms with Crippen LogP contribution < -0.4 is 4.72 Å². The topological polar surface area (TPSA) is 88.2 Å². The summed E-state index contributed by atoms with van der Waals surface area (Å²) in [5.74, 6) is -0.205. The van der Waals surface area contributed by atoms with E-state index in [0.29, 0.717) is 31.7 Å². The highest BCUT2D eigenvalue weighted by Gasteiger charge is 2.45. The molecule has 1 N–H and O–H groups in total. The summed E-state index contributed by atoms with van der Waals surface area (Å²) in [7, 11) is -0.741. The molecule has 1 amide bonds. The van der Waals surface area contributed by atoms with Gasteiger partial charge in [0.15, 0.2) is 0 Å². The Morgan fingerprint density at radius 2 is 1.92 bits per heavy atom. The number of ether oxygens (including phenoxy) is 2. The van der Waals surface area contributed by atoms with Crippen LogP contribution in [-0.2, 0) is 19.7 Å². The monoisotopic (exact) mass is 529 g/mol. The second-order valence-electron chi connectivity index (χ2n) is 10.6. The molecule has 2 aliphatic carbocycles. The van der Waals surface area contributed by atoms with E-state index in [0.717, 1.165) is 35.6 Å². The van der Waals surface area contributed by atoms with Gasteiger partial charge in [-0.2, -0.15) is 17.4 Å². The Kier molecular flexibility index (Phi) is 8.53. The van der Waals surface area contributed by atoms with Crippen LogP contribution in [0.15, 0.2) is 24.3 Å². The molecule has 2 saturated carbocycles. The molecule has 2 unspecified atom stereocenters. The molecular weight excluding hydrogens is 492 g/mol. The molecule has 1 aliphatic heterocycles. The van der Waals surface area contributed by atoms with E-state index < -0.39 is 28.0 Å². The van der Waals surface area contributed by atoms with Crippen LogP contribution in [0.2, 0.25) is 0 Å². The first kappa shape index (κ1) is 27.2. The lowest BCUT2D eigenvalue weighted by atomic mass is 9.82. The van der Waals surface area contributed by atoms with E-state index in [4.69, 9.17) is 9.47 Å². The highest BCUT2D eigenvalue weighted by Crippen LogP contribution is 2.40. The fourth-order valence-electron chi connectivity index (χ4n) is 4.96. The van der Waals surface area contributed by atoms with Crippen LogP contribution >= 0.6 is 0 Å². The largest absolute Gasteiger partial charge is 0.446 e. The van der Waals surface area contributed by atoms with Crippen LogP contribution in [-0.4, -0.2) is 81.9 Å². The van der Waals surface area contributed by atoms with Gasteiger partial charge in [0.05, 0.1) is 12.7 Å². The summed E-state index contributed by atoms with van der Waals surface area (Å²) in [5, 5.41) is 0. The lowest BCUT2D eigenvalue weighted by Crippen LogP contribution is -2.55. The number of amides is 1. The van der Waals surface area contributed by atoms with E-state index in [-0.39, 0.29) is 37.6 Å². The third-order valence-electron chi connectivity index (χ3n) is 7.56. The number of hydrogen-bond acceptors (Lipinski definition) is 5. The number of rotatable bonds is 9. The highest BCUT2D eigenvalue weighted by molar-refractivity contribution is 7.87. The first-order valence-electron chi connectivity index (χ1n) is 12.7. The number of likely N-dealkylation sites (tertiary alicyclic amines) is 1. The maximum atomic E-state index is 13.9. The molecular formula is C25H37F2N3O5S. The maximum absolute atomic E-state index is 13.9. The summed E-state index contributed by atoms with van der Waals surface area (Å²) in [5.41, 5.74) is -0.378. The van der Waals surface area contributed by atoms with Gasteiger partial charge in [-0.25, -0.2) is 13.6 Å². The Balaban J connectivity index is 1.33. The van der Waals surface area contributed by atoms with Crippen LogP contribution in [0.25, 0.3) is 0 Å². The molecule has 1 heterocycles. The number of piperidine rings is 1. The molecule has 1 aromatic carbocycles. The number of halogens is 2. The fourth-order valence-corrected chi connectivity index (χ4v) is 5.87. The Hall–Kier alpha value is -1.82. The SMILES string of the molecule is CN(C)S(=O)(=O)NC1CCN(C(=O)OCC2(F)CC2)CC1COC1CCC(c2cccc(F)c2)CC1. The van der Waals surface area contributed by atoms with Crippen LogP contribution in [0.4, 0.5) is 13.6 Å². The van der Waals surface area contributed by atoms with E-state index in [1.54, 1.807) is 12.1 Å². The third kappa shape index (κ3) is 7.14. The van der Waals surface area contributed by atoms with Crippen molar-refractivity contribution < 1.29 is 31.5 Å². The van der Waals surface area contributed by atoms with Gasteiger partial charge in [0.2, 0.25) is 0 Å². The average Bonchev–Trinajstić information content (AvgIpc) is 3.59. The minimum absolute atomic E-state index is 0.0181.